The van der Waals surface area contributed by atoms with Crippen molar-refractivity contribution in [3.8, 4) is 0 Å². The molecule has 0 amide bonds. The molecule has 1 aromatic rings. The molecular weight excluding hydrogens is 260 g/mol. The van der Waals surface area contributed by atoms with Crippen molar-refractivity contribution in [1.29, 1.82) is 0 Å². The molecule has 0 aromatic heterocycles. The number of ether oxygens (including phenoxy) is 1. The number of amidine groups is 1. The van der Waals surface area contributed by atoms with E-state index >= 15 is 0 Å². The van der Waals surface area contributed by atoms with Gasteiger partial charge >= 0.3 is 0 Å². The molecule has 1 aliphatic rings. The molecule has 1 atom stereocenters. The van der Waals surface area contributed by atoms with Crippen LogP contribution in [0, 0.1) is 5.41 Å². The first-order valence-electron chi connectivity index (χ1n) is 6.67. The molecule has 0 radical (unpaired) electrons. The van der Waals surface area contributed by atoms with Gasteiger partial charge in [0.05, 0.1) is 0 Å². The number of nitrogens with zero attached hydrogens (tertiary/aromatic N) is 1. The predicted molar refractivity (Wildman–Crippen MR) is 79.9 cm³/mol. The second kappa shape index (κ2) is 5.93. The van der Waals surface area contributed by atoms with Crippen molar-refractivity contribution in [1.82, 2.24) is 5.32 Å². The smallest absolute Gasteiger partial charge is 0.139 e. The Labute approximate surface area is 120 Å². The molecule has 104 valence electrons. The summed E-state index contributed by atoms with van der Waals surface area (Å²) in [7, 11) is 0. The fourth-order valence-electron chi connectivity index (χ4n) is 2.09. The van der Waals surface area contributed by atoms with E-state index < -0.39 is 0 Å². The lowest BCUT2D eigenvalue weighted by molar-refractivity contribution is 0.105. The van der Waals surface area contributed by atoms with Crippen LogP contribution in [0.2, 0.25) is 5.02 Å². The van der Waals surface area contributed by atoms with E-state index in [0.29, 0.717) is 6.61 Å². The van der Waals surface area contributed by atoms with Gasteiger partial charge in [0.15, 0.2) is 0 Å². The second-order valence-electron chi connectivity index (χ2n) is 5.61. The SMILES string of the molecule is CCOC(C1=NCC(C)(C)CN1)c1cccc(Cl)c1. The highest BCUT2D eigenvalue weighted by Crippen LogP contribution is 2.25. The monoisotopic (exact) mass is 280 g/mol. The molecule has 0 fully saturated rings. The fraction of sp³-hybridized carbons (Fsp3) is 0.533. The Morgan fingerprint density at radius 1 is 1.47 bits per heavy atom. The fourth-order valence-corrected chi connectivity index (χ4v) is 2.28. The average molecular weight is 281 g/mol. The number of rotatable bonds is 4. The van der Waals surface area contributed by atoms with E-state index in [4.69, 9.17) is 16.3 Å². The van der Waals surface area contributed by atoms with Gasteiger partial charge in [0.25, 0.3) is 0 Å². The first kappa shape index (κ1) is 14.4. The molecule has 0 aliphatic carbocycles. The maximum atomic E-state index is 6.06. The van der Waals surface area contributed by atoms with E-state index in [1.807, 2.05) is 31.2 Å². The molecule has 3 nitrogen and oxygen atoms in total. The number of hydrogen-bond acceptors (Lipinski definition) is 3. The molecule has 0 bridgehead atoms. The molecule has 1 aromatic carbocycles. The first-order valence-corrected chi connectivity index (χ1v) is 7.05. The van der Waals surface area contributed by atoms with Crippen LogP contribution in [0.1, 0.15) is 32.4 Å². The lowest BCUT2D eigenvalue weighted by atomic mass is 9.92. The highest BCUT2D eigenvalue weighted by molar-refractivity contribution is 6.30. The van der Waals surface area contributed by atoms with E-state index in [1.54, 1.807) is 0 Å². The van der Waals surface area contributed by atoms with Crippen molar-refractivity contribution >= 4 is 17.4 Å². The number of halogens is 1. The van der Waals surface area contributed by atoms with Gasteiger partial charge in [-0.1, -0.05) is 37.6 Å². The van der Waals surface area contributed by atoms with E-state index in [2.05, 4.69) is 24.2 Å². The van der Waals surface area contributed by atoms with Gasteiger partial charge in [-0.2, -0.15) is 0 Å². The minimum atomic E-state index is -0.153. The second-order valence-corrected chi connectivity index (χ2v) is 6.05. The van der Waals surface area contributed by atoms with Gasteiger partial charge in [0.1, 0.15) is 11.9 Å². The molecular formula is C15H21ClN2O. The zero-order valence-electron chi connectivity index (χ0n) is 11.7. The van der Waals surface area contributed by atoms with E-state index in [1.165, 1.54) is 0 Å². The standard InChI is InChI=1S/C15H21ClN2O/c1-4-19-13(11-6-5-7-12(16)8-11)14-17-9-15(2,3)10-18-14/h5-8,13H,4,9-10H2,1-3H3,(H,17,18). The molecule has 1 aliphatic heterocycles. The quantitative estimate of drug-likeness (QED) is 0.916. The maximum absolute atomic E-state index is 6.06. The predicted octanol–water partition coefficient (Wildman–Crippen LogP) is 3.45. The third-order valence-corrected chi connectivity index (χ3v) is 3.39. The van der Waals surface area contributed by atoms with Gasteiger partial charge in [-0.3, -0.25) is 4.99 Å². The van der Waals surface area contributed by atoms with Crippen LogP contribution in [0.5, 0.6) is 0 Å². The molecule has 0 spiro atoms. The van der Waals surface area contributed by atoms with Gasteiger partial charge in [0, 0.05) is 30.1 Å². The van der Waals surface area contributed by atoms with Gasteiger partial charge in [-0.25, -0.2) is 0 Å². The van der Waals surface area contributed by atoms with Crippen molar-refractivity contribution in [2.45, 2.75) is 26.9 Å². The lowest BCUT2D eigenvalue weighted by Gasteiger charge is -2.32. The summed E-state index contributed by atoms with van der Waals surface area (Å²) < 4.78 is 5.84. The molecule has 19 heavy (non-hydrogen) atoms. The summed E-state index contributed by atoms with van der Waals surface area (Å²) in [6, 6.07) is 7.77. The molecule has 4 heteroatoms. The van der Waals surface area contributed by atoms with Crippen LogP contribution < -0.4 is 5.32 Å². The van der Waals surface area contributed by atoms with Crippen LogP contribution in [0.4, 0.5) is 0 Å². The Morgan fingerprint density at radius 3 is 2.84 bits per heavy atom. The van der Waals surface area contributed by atoms with Crippen molar-refractivity contribution in [2.24, 2.45) is 10.4 Å². The average Bonchev–Trinajstić information content (AvgIpc) is 2.36. The largest absolute Gasteiger partial charge is 0.371 e. The highest BCUT2D eigenvalue weighted by Gasteiger charge is 2.27. The van der Waals surface area contributed by atoms with Gasteiger partial charge < -0.3 is 10.1 Å². The molecule has 0 saturated carbocycles. The van der Waals surface area contributed by atoms with Crippen LogP contribution in [0.3, 0.4) is 0 Å². The maximum Gasteiger partial charge on any atom is 0.139 e. The Hall–Kier alpha value is -1.06. The molecule has 1 heterocycles. The minimum Gasteiger partial charge on any atom is -0.371 e. The normalized spacial score (nSPS) is 19.5. The van der Waals surface area contributed by atoms with E-state index in [-0.39, 0.29) is 11.5 Å². The molecule has 1 unspecified atom stereocenters. The molecule has 0 saturated heterocycles. The van der Waals surface area contributed by atoms with Crippen LogP contribution in [-0.4, -0.2) is 25.5 Å². The van der Waals surface area contributed by atoms with E-state index in [9.17, 15) is 0 Å². The van der Waals surface area contributed by atoms with Gasteiger partial charge in [-0.15, -0.1) is 0 Å². The molecule has 2 rings (SSSR count). The highest BCUT2D eigenvalue weighted by atomic mass is 35.5. The number of nitrogens with one attached hydrogen (secondary N) is 1. The topological polar surface area (TPSA) is 33.6 Å². The summed E-state index contributed by atoms with van der Waals surface area (Å²) in [6.07, 6.45) is -0.153. The summed E-state index contributed by atoms with van der Waals surface area (Å²) in [5.41, 5.74) is 1.24. The van der Waals surface area contributed by atoms with Crippen molar-refractivity contribution < 1.29 is 4.74 Å². The van der Waals surface area contributed by atoms with Crippen molar-refractivity contribution in [3.63, 3.8) is 0 Å². The van der Waals surface area contributed by atoms with Crippen LogP contribution >= 0.6 is 11.6 Å². The Kier molecular flexibility index (Phi) is 4.48. The van der Waals surface area contributed by atoms with Gasteiger partial charge in [-0.05, 0) is 24.6 Å². The summed E-state index contributed by atoms with van der Waals surface area (Å²) in [4.78, 5) is 4.64. The number of aliphatic imine (C=N–C) groups is 1. The van der Waals surface area contributed by atoms with Crippen LogP contribution in [0.15, 0.2) is 29.3 Å². The van der Waals surface area contributed by atoms with Crippen LogP contribution in [0.25, 0.3) is 0 Å². The first-order chi connectivity index (χ1) is 9.02. The van der Waals surface area contributed by atoms with Gasteiger partial charge in [0.2, 0.25) is 0 Å². The van der Waals surface area contributed by atoms with Crippen molar-refractivity contribution in [3.05, 3.63) is 34.9 Å². The molecule has 1 N–H and O–H groups in total. The van der Waals surface area contributed by atoms with Crippen molar-refractivity contribution in [2.75, 3.05) is 19.7 Å². The lowest BCUT2D eigenvalue weighted by Crippen LogP contribution is -2.43. The third kappa shape index (κ3) is 3.71. The summed E-state index contributed by atoms with van der Waals surface area (Å²) in [5.74, 6) is 0.906. The summed E-state index contributed by atoms with van der Waals surface area (Å²) >= 11 is 6.06. The minimum absolute atomic E-state index is 0.153. The zero-order chi connectivity index (χ0) is 13.9. The Morgan fingerprint density at radius 2 is 2.26 bits per heavy atom. The summed E-state index contributed by atoms with van der Waals surface area (Å²) in [5, 5.41) is 4.12. The summed E-state index contributed by atoms with van der Waals surface area (Å²) in [6.45, 7) is 8.77. The Balaban J connectivity index is 2.24. The third-order valence-electron chi connectivity index (χ3n) is 3.16. The Bertz CT molecular complexity index is 471. The van der Waals surface area contributed by atoms with Crippen LogP contribution in [-0.2, 0) is 4.74 Å². The van der Waals surface area contributed by atoms with E-state index in [0.717, 1.165) is 29.5 Å². The number of hydrogen-bond donors (Lipinski definition) is 1. The number of benzene rings is 1. The zero-order valence-corrected chi connectivity index (χ0v) is 12.5.